The van der Waals surface area contributed by atoms with Crippen molar-refractivity contribution in [2.24, 2.45) is 0 Å². The van der Waals surface area contributed by atoms with Gasteiger partial charge in [-0.15, -0.1) is 0 Å². The van der Waals surface area contributed by atoms with E-state index in [-0.39, 0.29) is 5.91 Å². The van der Waals surface area contributed by atoms with Crippen LogP contribution in [0.5, 0.6) is 11.5 Å². The van der Waals surface area contributed by atoms with E-state index >= 15 is 0 Å². The Kier molecular flexibility index (Phi) is 5.85. The second-order valence-electron chi connectivity index (χ2n) is 5.88. The molecule has 0 unspecified atom stereocenters. The Morgan fingerprint density at radius 2 is 1.83 bits per heavy atom. The third-order valence-electron chi connectivity index (χ3n) is 4.03. The Bertz CT molecular complexity index is 738. The number of rotatable bonds is 6. The molecular formula is C20H25NO3. The quantitative estimate of drug-likeness (QED) is 0.874. The van der Waals surface area contributed by atoms with Gasteiger partial charge in [0.2, 0.25) is 0 Å². The average Bonchev–Trinajstić information content (AvgIpc) is 2.56. The van der Waals surface area contributed by atoms with E-state index in [2.05, 4.69) is 25.2 Å². The predicted octanol–water partition coefficient (Wildman–Crippen LogP) is 3.95. The second kappa shape index (κ2) is 7.86. The van der Waals surface area contributed by atoms with Gasteiger partial charge in [-0.1, -0.05) is 6.07 Å². The van der Waals surface area contributed by atoms with Crippen LogP contribution in [0.15, 0.2) is 30.3 Å². The molecule has 0 fully saturated rings. The lowest BCUT2D eigenvalue weighted by Crippen LogP contribution is -2.22. The highest BCUT2D eigenvalue weighted by Crippen LogP contribution is 2.26. The zero-order chi connectivity index (χ0) is 17.7. The number of amides is 1. The number of carbonyl (C=O) groups excluding carboxylic acids is 1. The van der Waals surface area contributed by atoms with Crippen LogP contribution >= 0.6 is 0 Å². The lowest BCUT2D eigenvalue weighted by molar-refractivity contribution is 0.0955. The van der Waals surface area contributed by atoms with Gasteiger partial charge in [0.25, 0.3) is 5.91 Å². The third kappa shape index (κ3) is 4.07. The first-order valence-corrected chi connectivity index (χ1v) is 8.12. The van der Waals surface area contributed by atoms with Gasteiger partial charge in [-0.05, 0) is 68.7 Å². The number of methoxy groups -OCH3 is 1. The molecule has 1 amide bonds. The minimum atomic E-state index is -0.0935. The zero-order valence-electron chi connectivity index (χ0n) is 15.0. The van der Waals surface area contributed by atoms with E-state index < -0.39 is 0 Å². The number of hydrogen-bond acceptors (Lipinski definition) is 3. The van der Waals surface area contributed by atoms with Gasteiger partial charge in [0.1, 0.15) is 18.1 Å². The van der Waals surface area contributed by atoms with Gasteiger partial charge in [-0.25, -0.2) is 0 Å². The van der Waals surface area contributed by atoms with Crippen LogP contribution in [0.4, 0.5) is 0 Å². The third-order valence-corrected chi connectivity index (χ3v) is 4.03. The molecular weight excluding hydrogens is 302 g/mol. The molecule has 0 saturated heterocycles. The summed E-state index contributed by atoms with van der Waals surface area (Å²) >= 11 is 0. The van der Waals surface area contributed by atoms with Crippen molar-refractivity contribution < 1.29 is 14.3 Å². The lowest BCUT2D eigenvalue weighted by atomic mass is 10.1. The summed E-state index contributed by atoms with van der Waals surface area (Å²) in [4.78, 5) is 12.0. The summed E-state index contributed by atoms with van der Waals surface area (Å²) in [6.07, 6.45) is 0. The Hall–Kier alpha value is -2.49. The number of nitrogens with one attached hydrogen (secondary N) is 1. The van der Waals surface area contributed by atoms with Crippen LogP contribution in [0, 0.1) is 20.8 Å². The van der Waals surface area contributed by atoms with E-state index in [1.165, 1.54) is 5.56 Å². The fourth-order valence-electron chi connectivity index (χ4n) is 2.60. The van der Waals surface area contributed by atoms with Crippen LogP contribution < -0.4 is 14.8 Å². The summed E-state index contributed by atoms with van der Waals surface area (Å²) < 4.78 is 11.4. The van der Waals surface area contributed by atoms with Crippen molar-refractivity contribution in [2.45, 2.75) is 34.3 Å². The SMILES string of the molecule is CCNC(=O)c1ccc(OC)c(COc2cc(C)cc(C)c2C)c1. The van der Waals surface area contributed by atoms with E-state index in [4.69, 9.17) is 9.47 Å². The topological polar surface area (TPSA) is 47.6 Å². The summed E-state index contributed by atoms with van der Waals surface area (Å²) in [5, 5.41) is 2.80. The summed E-state index contributed by atoms with van der Waals surface area (Å²) in [5.41, 5.74) is 4.94. The van der Waals surface area contributed by atoms with Crippen molar-refractivity contribution in [3.63, 3.8) is 0 Å². The van der Waals surface area contributed by atoms with E-state index in [1.54, 1.807) is 19.2 Å². The molecule has 0 radical (unpaired) electrons. The standard InChI is InChI=1S/C20H25NO3/c1-6-21-20(22)16-7-8-18(23-5)17(11-16)12-24-19-10-13(2)9-14(3)15(19)4/h7-11H,6,12H2,1-5H3,(H,21,22). The van der Waals surface area contributed by atoms with Gasteiger partial charge in [0.05, 0.1) is 7.11 Å². The molecule has 0 atom stereocenters. The van der Waals surface area contributed by atoms with Gasteiger partial charge < -0.3 is 14.8 Å². The van der Waals surface area contributed by atoms with Crippen LogP contribution in [-0.2, 0) is 6.61 Å². The van der Waals surface area contributed by atoms with Crippen molar-refractivity contribution in [1.29, 1.82) is 0 Å². The maximum Gasteiger partial charge on any atom is 0.251 e. The molecule has 4 nitrogen and oxygen atoms in total. The number of benzene rings is 2. The smallest absolute Gasteiger partial charge is 0.251 e. The molecule has 0 heterocycles. The Balaban J connectivity index is 2.25. The van der Waals surface area contributed by atoms with Crippen molar-refractivity contribution in [1.82, 2.24) is 5.32 Å². The number of hydrogen-bond donors (Lipinski definition) is 1. The van der Waals surface area contributed by atoms with Crippen molar-refractivity contribution in [2.75, 3.05) is 13.7 Å². The van der Waals surface area contributed by atoms with Gasteiger partial charge >= 0.3 is 0 Å². The molecule has 24 heavy (non-hydrogen) atoms. The van der Waals surface area contributed by atoms with E-state index in [0.29, 0.717) is 24.5 Å². The molecule has 0 aliphatic heterocycles. The summed E-state index contributed by atoms with van der Waals surface area (Å²) in [6, 6.07) is 9.55. The van der Waals surface area contributed by atoms with Crippen LogP contribution in [0.2, 0.25) is 0 Å². The summed E-state index contributed by atoms with van der Waals surface area (Å²) in [5.74, 6) is 1.48. The Morgan fingerprint density at radius 3 is 2.50 bits per heavy atom. The van der Waals surface area contributed by atoms with Gasteiger partial charge in [-0.2, -0.15) is 0 Å². The van der Waals surface area contributed by atoms with Gasteiger partial charge in [0, 0.05) is 17.7 Å². The minimum absolute atomic E-state index is 0.0935. The minimum Gasteiger partial charge on any atom is -0.496 e. The normalized spacial score (nSPS) is 10.4. The van der Waals surface area contributed by atoms with Crippen molar-refractivity contribution in [3.8, 4) is 11.5 Å². The predicted molar refractivity (Wildman–Crippen MR) is 96.0 cm³/mol. The number of aryl methyl sites for hydroxylation is 2. The highest BCUT2D eigenvalue weighted by atomic mass is 16.5. The largest absolute Gasteiger partial charge is 0.496 e. The maximum atomic E-state index is 12.0. The van der Waals surface area contributed by atoms with Gasteiger partial charge in [0.15, 0.2) is 0 Å². The summed E-state index contributed by atoms with van der Waals surface area (Å²) in [6.45, 7) is 9.01. The molecule has 0 aromatic heterocycles. The first kappa shape index (κ1) is 17.9. The molecule has 0 bridgehead atoms. The molecule has 128 valence electrons. The van der Waals surface area contributed by atoms with E-state index in [0.717, 1.165) is 22.4 Å². The van der Waals surface area contributed by atoms with Crippen molar-refractivity contribution >= 4 is 5.91 Å². The molecule has 2 aromatic rings. The summed E-state index contributed by atoms with van der Waals surface area (Å²) in [7, 11) is 1.62. The Morgan fingerprint density at radius 1 is 1.08 bits per heavy atom. The number of carbonyl (C=O) groups is 1. The fraction of sp³-hybridized carbons (Fsp3) is 0.350. The fourth-order valence-corrected chi connectivity index (χ4v) is 2.60. The lowest BCUT2D eigenvalue weighted by Gasteiger charge is -2.15. The highest BCUT2D eigenvalue weighted by Gasteiger charge is 2.11. The van der Waals surface area contributed by atoms with Crippen LogP contribution in [0.25, 0.3) is 0 Å². The Labute approximate surface area is 143 Å². The first-order valence-electron chi connectivity index (χ1n) is 8.12. The monoisotopic (exact) mass is 327 g/mol. The van der Waals surface area contributed by atoms with Crippen molar-refractivity contribution in [3.05, 3.63) is 58.1 Å². The van der Waals surface area contributed by atoms with Gasteiger partial charge in [-0.3, -0.25) is 4.79 Å². The average molecular weight is 327 g/mol. The molecule has 0 aliphatic carbocycles. The molecule has 0 aliphatic rings. The van der Waals surface area contributed by atoms with Crippen LogP contribution in [0.3, 0.4) is 0 Å². The number of ether oxygens (including phenoxy) is 2. The molecule has 4 heteroatoms. The molecule has 0 spiro atoms. The van der Waals surface area contributed by atoms with E-state index in [9.17, 15) is 4.79 Å². The second-order valence-corrected chi connectivity index (χ2v) is 5.88. The van der Waals surface area contributed by atoms with Crippen LogP contribution in [-0.4, -0.2) is 19.6 Å². The molecule has 1 N–H and O–H groups in total. The molecule has 2 aromatic carbocycles. The first-order chi connectivity index (χ1) is 11.5. The zero-order valence-corrected chi connectivity index (χ0v) is 15.0. The maximum absolute atomic E-state index is 12.0. The highest BCUT2D eigenvalue weighted by molar-refractivity contribution is 5.94. The van der Waals surface area contributed by atoms with Crippen LogP contribution in [0.1, 0.15) is 39.5 Å². The van der Waals surface area contributed by atoms with E-state index in [1.807, 2.05) is 26.0 Å². The molecule has 0 saturated carbocycles. The molecule has 2 rings (SSSR count).